The zero-order chi connectivity index (χ0) is 8.97. The lowest BCUT2D eigenvalue weighted by atomic mass is 10.3. The molecule has 0 aromatic heterocycles. The van der Waals surface area contributed by atoms with Crippen LogP contribution in [-0.2, 0) is 14.4 Å². The van der Waals surface area contributed by atoms with E-state index in [0.29, 0.717) is 19.4 Å². The molecular formula is C8H13NO3. The van der Waals surface area contributed by atoms with Gasteiger partial charge < -0.3 is 4.84 Å². The lowest BCUT2D eigenvalue weighted by Crippen LogP contribution is -2.28. The normalized spacial score (nSPS) is 16.8. The van der Waals surface area contributed by atoms with Gasteiger partial charge in [0.15, 0.2) is 0 Å². The summed E-state index contributed by atoms with van der Waals surface area (Å²) in [5, 5.41) is 1.16. The second kappa shape index (κ2) is 4.09. The van der Waals surface area contributed by atoms with E-state index in [0.717, 1.165) is 17.9 Å². The van der Waals surface area contributed by atoms with Gasteiger partial charge in [-0.1, -0.05) is 6.92 Å². The van der Waals surface area contributed by atoms with Crippen LogP contribution in [0.5, 0.6) is 0 Å². The molecule has 1 fully saturated rings. The average Bonchev–Trinajstić information content (AvgIpc) is 2.37. The maximum absolute atomic E-state index is 11.0. The van der Waals surface area contributed by atoms with Crippen LogP contribution in [0.1, 0.15) is 32.6 Å². The Morgan fingerprint density at radius 1 is 1.67 bits per heavy atom. The van der Waals surface area contributed by atoms with Crippen LogP contribution in [0.4, 0.5) is 0 Å². The molecule has 68 valence electrons. The zero-order valence-electron chi connectivity index (χ0n) is 7.21. The van der Waals surface area contributed by atoms with E-state index in [9.17, 15) is 9.59 Å². The van der Waals surface area contributed by atoms with Crippen LogP contribution in [0.3, 0.4) is 0 Å². The van der Waals surface area contributed by atoms with Crippen LogP contribution in [0, 0.1) is 0 Å². The van der Waals surface area contributed by atoms with E-state index in [1.807, 2.05) is 6.92 Å². The van der Waals surface area contributed by atoms with Crippen molar-refractivity contribution >= 4 is 11.9 Å². The number of carbonyl (C=O) groups is 2. The molecule has 0 aromatic rings. The predicted molar refractivity (Wildman–Crippen MR) is 41.9 cm³/mol. The highest BCUT2D eigenvalue weighted by Crippen LogP contribution is 2.10. The van der Waals surface area contributed by atoms with E-state index in [4.69, 9.17) is 4.84 Å². The zero-order valence-corrected chi connectivity index (χ0v) is 7.21. The highest BCUT2D eigenvalue weighted by atomic mass is 16.7. The van der Waals surface area contributed by atoms with Gasteiger partial charge in [0, 0.05) is 12.8 Å². The minimum absolute atomic E-state index is 0.0838. The fraction of sp³-hybridized carbons (Fsp3) is 0.750. The van der Waals surface area contributed by atoms with E-state index < -0.39 is 0 Å². The molecule has 0 bridgehead atoms. The number of rotatable bonds is 3. The van der Waals surface area contributed by atoms with Crippen LogP contribution in [0.15, 0.2) is 0 Å². The first-order chi connectivity index (χ1) is 5.74. The Morgan fingerprint density at radius 2 is 2.42 bits per heavy atom. The Kier molecular flexibility index (Phi) is 3.08. The molecule has 0 radical (unpaired) electrons. The molecule has 1 rings (SSSR count). The molecule has 0 spiro atoms. The van der Waals surface area contributed by atoms with Crippen LogP contribution >= 0.6 is 0 Å². The highest BCUT2D eigenvalue weighted by Gasteiger charge is 2.23. The number of amides is 1. The summed E-state index contributed by atoms with van der Waals surface area (Å²) in [6.45, 7) is 2.45. The van der Waals surface area contributed by atoms with Gasteiger partial charge in [0.2, 0.25) is 0 Å². The summed E-state index contributed by atoms with van der Waals surface area (Å²) in [6.07, 6.45) is 2.42. The molecule has 0 aromatic carbocycles. The van der Waals surface area contributed by atoms with Gasteiger partial charge in [-0.2, -0.15) is 5.06 Å². The summed E-state index contributed by atoms with van der Waals surface area (Å²) in [6, 6.07) is 0. The van der Waals surface area contributed by atoms with E-state index in [-0.39, 0.29) is 11.9 Å². The SMILES string of the molecule is CCCC(=O)ON1CCCC1=O. The van der Waals surface area contributed by atoms with Gasteiger partial charge in [-0.15, -0.1) is 0 Å². The minimum Gasteiger partial charge on any atom is -0.338 e. The molecule has 0 N–H and O–H groups in total. The number of nitrogens with zero attached hydrogens (tertiary/aromatic N) is 1. The van der Waals surface area contributed by atoms with Crippen molar-refractivity contribution in [3.8, 4) is 0 Å². The summed E-state index contributed by atoms with van der Waals surface area (Å²) < 4.78 is 0. The van der Waals surface area contributed by atoms with Crippen LogP contribution in [0.25, 0.3) is 0 Å². The summed E-state index contributed by atoms with van der Waals surface area (Å²) in [4.78, 5) is 26.7. The van der Waals surface area contributed by atoms with Crippen molar-refractivity contribution in [2.75, 3.05) is 6.54 Å². The Labute approximate surface area is 71.4 Å². The fourth-order valence-corrected chi connectivity index (χ4v) is 1.09. The largest absolute Gasteiger partial charge is 0.338 e. The molecule has 12 heavy (non-hydrogen) atoms. The second-order valence-electron chi connectivity index (χ2n) is 2.81. The van der Waals surface area contributed by atoms with E-state index in [2.05, 4.69) is 0 Å². The quantitative estimate of drug-likeness (QED) is 0.633. The van der Waals surface area contributed by atoms with Crippen LogP contribution in [0.2, 0.25) is 0 Å². The van der Waals surface area contributed by atoms with Crippen molar-refractivity contribution in [3.63, 3.8) is 0 Å². The molecule has 0 saturated carbocycles. The Balaban J connectivity index is 2.30. The van der Waals surface area contributed by atoms with E-state index in [1.54, 1.807) is 0 Å². The molecule has 1 aliphatic rings. The number of hydroxylamine groups is 2. The molecule has 1 heterocycles. The van der Waals surface area contributed by atoms with Gasteiger partial charge in [-0.3, -0.25) is 4.79 Å². The summed E-state index contributed by atoms with van der Waals surface area (Å²) in [5.41, 5.74) is 0. The molecule has 0 aliphatic carbocycles. The molecule has 1 saturated heterocycles. The molecule has 0 atom stereocenters. The molecule has 1 amide bonds. The first-order valence-electron chi connectivity index (χ1n) is 4.25. The number of hydrogen-bond donors (Lipinski definition) is 0. The highest BCUT2D eigenvalue weighted by molar-refractivity contribution is 5.79. The lowest BCUT2D eigenvalue weighted by molar-refractivity contribution is -0.192. The van der Waals surface area contributed by atoms with Crippen molar-refractivity contribution in [3.05, 3.63) is 0 Å². The van der Waals surface area contributed by atoms with E-state index in [1.165, 1.54) is 0 Å². The Morgan fingerprint density at radius 3 is 2.92 bits per heavy atom. The smallest absolute Gasteiger partial charge is 0.332 e. The second-order valence-corrected chi connectivity index (χ2v) is 2.81. The van der Waals surface area contributed by atoms with Crippen LogP contribution in [-0.4, -0.2) is 23.5 Å². The maximum Gasteiger partial charge on any atom is 0.332 e. The molecule has 1 aliphatic heterocycles. The first kappa shape index (κ1) is 9.03. The van der Waals surface area contributed by atoms with Gasteiger partial charge >= 0.3 is 5.97 Å². The van der Waals surface area contributed by atoms with Crippen molar-refractivity contribution in [2.45, 2.75) is 32.6 Å². The maximum atomic E-state index is 11.0. The molecular weight excluding hydrogens is 158 g/mol. The van der Waals surface area contributed by atoms with Crippen molar-refractivity contribution in [1.82, 2.24) is 5.06 Å². The Bertz CT molecular complexity index is 191. The number of carbonyl (C=O) groups excluding carboxylic acids is 2. The van der Waals surface area contributed by atoms with Gasteiger partial charge in [0.25, 0.3) is 5.91 Å². The minimum atomic E-state index is -0.312. The molecule has 4 nitrogen and oxygen atoms in total. The standard InChI is InChI=1S/C8H13NO3/c1-2-4-8(11)12-9-6-3-5-7(9)10/h2-6H2,1H3. The van der Waals surface area contributed by atoms with Gasteiger partial charge in [-0.25, -0.2) is 4.79 Å². The number of hydrogen-bond acceptors (Lipinski definition) is 3. The van der Waals surface area contributed by atoms with Gasteiger partial charge in [0.05, 0.1) is 6.54 Å². The topological polar surface area (TPSA) is 46.6 Å². The van der Waals surface area contributed by atoms with Crippen molar-refractivity contribution < 1.29 is 14.4 Å². The fourth-order valence-electron chi connectivity index (χ4n) is 1.09. The summed E-state index contributed by atoms with van der Waals surface area (Å²) in [7, 11) is 0. The first-order valence-corrected chi connectivity index (χ1v) is 4.25. The van der Waals surface area contributed by atoms with Crippen LogP contribution < -0.4 is 0 Å². The third-order valence-electron chi connectivity index (χ3n) is 1.70. The van der Waals surface area contributed by atoms with Gasteiger partial charge in [0.1, 0.15) is 0 Å². The Hall–Kier alpha value is -1.06. The lowest BCUT2D eigenvalue weighted by Gasteiger charge is -2.13. The third kappa shape index (κ3) is 2.22. The molecule has 0 unspecified atom stereocenters. The monoisotopic (exact) mass is 171 g/mol. The van der Waals surface area contributed by atoms with Gasteiger partial charge in [-0.05, 0) is 12.8 Å². The van der Waals surface area contributed by atoms with Crippen molar-refractivity contribution in [2.24, 2.45) is 0 Å². The summed E-state index contributed by atoms with van der Waals surface area (Å²) >= 11 is 0. The third-order valence-corrected chi connectivity index (χ3v) is 1.70. The van der Waals surface area contributed by atoms with E-state index >= 15 is 0 Å². The van der Waals surface area contributed by atoms with Crippen molar-refractivity contribution in [1.29, 1.82) is 0 Å². The molecule has 4 heteroatoms. The summed E-state index contributed by atoms with van der Waals surface area (Å²) in [5.74, 6) is -0.396. The average molecular weight is 171 g/mol. The predicted octanol–water partition coefficient (Wildman–Crippen LogP) is 0.867.